The van der Waals surface area contributed by atoms with E-state index in [9.17, 15) is 0 Å². The summed E-state index contributed by atoms with van der Waals surface area (Å²) in [6.45, 7) is 6.55. The summed E-state index contributed by atoms with van der Waals surface area (Å²) in [6.07, 6.45) is 2.05. The topological polar surface area (TPSA) is 0 Å². The number of thiophene rings is 2. The summed E-state index contributed by atoms with van der Waals surface area (Å²) in [4.78, 5) is 1.22. The second kappa shape index (κ2) is 11.9. The van der Waals surface area contributed by atoms with E-state index in [-0.39, 0.29) is 0 Å². The zero-order chi connectivity index (χ0) is 34.1. The number of rotatable bonds is 5. The Bertz CT molecular complexity index is 2920. The fraction of sp³-hybridized carbons (Fsp3) is 0.0204. The van der Waals surface area contributed by atoms with Gasteiger partial charge in [0.05, 0.1) is 0 Å². The van der Waals surface area contributed by atoms with E-state index in [4.69, 9.17) is 0 Å². The van der Waals surface area contributed by atoms with Crippen LogP contribution in [0.3, 0.4) is 0 Å². The molecular weight excluding hydrogens is 653 g/mol. The minimum atomic E-state index is 1.22. The molecule has 0 spiro atoms. The summed E-state index contributed by atoms with van der Waals surface area (Å²) in [5.41, 5.74) is 11.4. The Balaban J connectivity index is 1.18. The van der Waals surface area contributed by atoms with Crippen LogP contribution in [-0.4, -0.2) is 0 Å². The minimum absolute atomic E-state index is 1.22. The van der Waals surface area contributed by atoms with E-state index in [1.54, 1.807) is 0 Å². The monoisotopic (exact) mass is 684 g/mol. The lowest BCUT2D eigenvalue weighted by atomic mass is 9.85. The van der Waals surface area contributed by atoms with Crippen molar-refractivity contribution < 1.29 is 0 Å². The van der Waals surface area contributed by atoms with Gasteiger partial charge in [0.15, 0.2) is 0 Å². The molecule has 2 aromatic heterocycles. The van der Waals surface area contributed by atoms with Crippen molar-refractivity contribution >= 4 is 80.6 Å². The first-order chi connectivity index (χ1) is 25.2. The number of hydrogen-bond acceptors (Lipinski definition) is 2. The molecule has 0 unspecified atom stereocenters. The second-order valence-corrected chi connectivity index (χ2v) is 15.4. The molecule has 0 aliphatic carbocycles. The normalized spacial score (nSPS) is 11.7. The lowest BCUT2D eigenvalue weighted by Crippen LogP contribution is -1.91. The molecule has 0 N–H and O–H groups in total. The molecule has 10 rings (SSSR count). The molecule has 0 radical (unpaired) electrons. The maximum atomic E-state index is 4.30. The van der Waals surface area contributed by atoms with E-state index < -0.39 is 0 Å². The molecule has 2 heterocycles. The summed E-state index contributed by atoms with van der Waals surface area (Å²) >= 11 is 3.75. The SMILES string of the molecule is C=Cc1sc2cc(-c3c4ccccc4c(-c4ccc(-c5ccccc5)cc4)c4ccccc34)ccc2c1-c1c(C)ccc2c1sc1ccccc12. The van der Waals surface area contributed by atoms with Gasteiger partial charge >= 0.3 is 0 Å². The first-order valence-corrected chi connectivity index (χ1v) is 19.0. The van der Waals surface area contributed by atoms with Crippen LogP contribution < -0.4 is 0 Å². The summed E-state index contributed by atoms with van der Waals surface area (Å²) in [5, 5.41) is 9.02. The summed E-state index contributed by atoms with van der Waals surface area (Å²) in [6, 6.07) is 58.0. The smallest absolute Gasteiger partial charge is 0.0437 e. The van der Waals surface area contributed by atoms with Crippen LogP contribution in [0.15, 0.2) is 164 Å². The van der Waals surface area contributed by atoms with Crippen molar-refractivity contribution in [1.82, 2.24) is 0 Å². The fourth-order valence-electron chi connectivity index (χ4n) is 8.08. The first kappa shape index (κ1) is 30.1. The van der Waals surface area contributed by atoms with E-state index in [1.165, 1.54) is 107 Å². The van der Waals surface area contributed by atoms with Crippen LogP contribution in [0.4, 0.5) is 0 Å². The van der Waals surface area contributed by atoms with Gasteiger partial charge in [-0.15, -0.1) is 22.7 Å². The van der Waals surface area contributed by atoms with Crippen LogP contribution >= 0.6 is 22.7 Å². The Kier molecular flexibility index (Phi) is 7.02. The predicted molar refractivity (Wildman–Crippen MR) is 226 cm³/mol. The van der Waals surface area contributed by atoms with Crippen LogP contribution in [0, 0.1) is 6.92 Å². The molecule has 51 heavy (non-hydrogen) atoms. The van der Waals surface area contributed by atoms with Gasteiger partial charge in [-0.25, -0.2) is 0 Å². The molecule has 240 valence electrons. The Morgan fingerprint density at radius 2 is 0.922 bits per heavy atom. The minimum Gasteiger partial charge on any atom is -0.135 e. The van der Waals surface area contributed by atoms with Gasteiger partial charge in [-0.2, -0.15) is 0 Å². The molecule has 0 saturated heterocycles. The van der Waals surface area contributed by atoms with Crippen LogP contribution in [0.1, 0.15) is 10.4 Å². The van der Waals surface area contributed by atoms with Crippen molar-refractivity contribution in [2.24, 2.45) is 0 Å². The molecule has 0 aliphatic heterocycles. The largest absolute Gasteiger partial charge is 0.135 e. The Labute approximate surface area is 305 Å². The van der Waals surface area contributed by atoms with E-state index in [1.807, 2.05) is 28.7 Å². The molecule has 0 nitrogen and oxygen atoms in total. The van der Waals surface area contributed by atoms with Crippen molar-refractivity contribution in [3.8, 4) is 44.5 Å². The standard InChI is InChI=1S/C49H32S2/c1-3-42-48(45-30(2)21-27-40-35-15-11-12-20-43(35)51-49(40)45)41-28-26-34(29-44(41)50-42)47-38-18-9-7-16-36(38)46(37-17-8-10-19-39(37)47)33-24-22-32(23-25-33)31-13-5-4-6-14-31/h3-29H,1H2,2H3. The Hall–Kier alpha value is -5.80. The van der Waals surface area contributed by atoms with Crippen molar-refractivity contribution in [3.63, 3.8) is 0 Å². The van der Waals surface area contributed by atoms with Gasteiger partial charge in [-0.3, -0.25) is 0 Å². The number of benzene rings is 8. The maximum absolute atomic E-state index is 4.30. The molecular formula is C49H32S2. The highest BCUT2D eigenvalue weighted by atomic mass is 32.1. The van der Waals surface area contributed by atoms with Gasteiger partial charge in [0, 0.05) is 46.3 Å². The molecule has 0 amide bonds. The summed E-state index contributed by atoms with van der Waals surface area (Å²) < 4.78 is 3.96. The third kappa shape index (κ3) is 4.72. The fourth-order valence-corrected chi connectivity index (χ4v) is 10.5. The molecule has 0 atom stereocenters. The van der Waals surface area contributed by atoms with Crippen LogP contribution in [0.5, 0.6) is 0 Å². The highest BCUT2D eigenvalue weighted by Crippen LogP contribution is 2.49. The van der Waals surface area contributed by atoms with Crippen LogP contribution in [-0.2, 0) is 0 Å². The van der Waals surface area contributed by atoms with E-state index in [0.29, 0.717) is 0 Å². The van der Waals surface area contributed by atoms with Crippen molar-refractivity contribution in [1.29, 1.82) is 0 Å². The molecule has 0 fully saturated rings. The van der Waals surface area contributed by atoms with E-state index >= 15 is 0 Å². The van der Waals surface area contributed by atoms with Crippen molar-refractivity contribution in [3.05, 3.63) is 175 Å². The molecule has 8 aromatic carbocycles. The van der Waals surface area contributed by atoms with Crippen LogP contribution in [0.25, 0.3) is 102 Å². The third-order valence-corrected chi connectivity index (χ3v) is 12.8. The third-order valence-electron chi connectivity index (χ3n) is 10.4. The Morgan fingerprint density at radius 1 is 0.392 bits per heavy atom. The second-order valence-electron chi connectivity index (χ2n) is 13.3. The van der Waals surface area contributed by atoms with E-state index in [0.717, 1.165) is 0 Å². The van der Waals surface area contributed by atoms with Gasteiger partial charge in [-0.1, -0.05) is 158 Å². The predicted octanol–water partition coefficient (Wildman–Crippen LogP) is 15.2. The Morgan fingerprint density at radius 3 is 1.59 bits per heavy atom. The summed E-state index contributed by atoms with van der Waals surface area (Å²) in [7, 11) is 0. The molecule has 0 bridgehead atoms. The van der Waals surface area contributed by atoms with Gasteiger partial charge < -0.3 is 0 Å². The van der Waals surface area contributed by atoms with E-state index in [2.05, 4.69) is 171 Å². The lowest BCUT2D eigenvalue weighted by Gasteiger charge is -2.18. The lowest BCUT2D eigenvalue weighted by molar-refractivity contribution is 1.51. The number of hydrogen-bond donors (Lipinski definition) is 0. The van der Waals surface area contributed by atoms with Gasteiger partial charge in [0.1, 0.15) is 0 Å². The molecule has 0 saturated carbocycles. The molecule has 0 aliphatic rings. The zero-order valence-electron chi connectivity index (χ0n) is 28.1. The molecule has 10 aromatic rings. The average Bonchev–Trinajstić information content (AvgIpc) is 3.75. The van der Waals surface area contributed by atoms with Gasteiger partial charge in [-0.05, 0) is 79.5 Å². The number of fused-ring (bicyclic) bond motifs is 6. The van der Waals surface area contributed by atoms with Crippen molar-refractivity contribution in [2.45, 2.75) is 6.92 Å². The van der Waals surface area contributed by atoms with Crippen LogP contribution in [0.2, 0.25) is 0 Å². The zero-order valence-corrected chi connectivity index (χ0v) is 29.7. The maximum Gasteiger partial charge on any atom is 0.0437 e. The highest BCUT2D eigenvalue weighted by molar-refractivity contribution is 7.26. The van der Waals surface area contributed by atoms with Gasteiger partial charge in [0.2, 0.25) is 0 Å². The molecule has 2 heteroatoms. The quantitative estimate of drug-likeness (QED) is 0.158. The highest BCUT2D eigenvalue weighted by Gasteiger charge is 2.21. The average molecular weight is 685 g/mol. The summed E-state index contributed by atoms with van der Waals surface area (Å²) in [5.74, 6) is 0. The first-order valence-electron chi connectivity index (χ1n) is 17.4. The van der Waals surface area contributed by atoms with Gasteiger partial charge in [0.25, 0.3) is 0 Å². The van der Waals surface area contributed by atoms with Crippen molar-refractivity contribution in [2.75, 3.05) is 0 Å². The number of aryl methyl sites for hydroxylation is 1.